The maximum absolute atomic E-state index is 11.8. The van der Waals surface area contributed by atoms with Gasteiger partial charge in [0.05, 0.1) is 17.1 Å². The third-order valence-electron chi connectivity index (χ3n) is 4.53. The van der Waals surface area contributed by atoms with Crippen molar-refractivity contribution in [3.63, 3.8) is 0 Å². The third-order valence-corrected chi connectivity index (χ3v) is 5.04. The predicted molar refractivity (Wildman–Crippen MR) is 89.0 cm³/mol. The largest absolute Gasteiger partial charge is 0.367 e. The van der Waals surface area contributed by atoms with E-state index in [1.54, 1.807) is 12.3 Å². The molecule has 22 heavy (non-hydrogen) atoms. The highest BCUT2D eigenvalue weighted by atomic mass is 35.5. The Morgan fingerprint density at radius 1 is 1.32 bits per heavy atom. The van der Waals surface area contributed by atoms with E-state index in [9.17, 15) is 4.79 Å². The van der Waals surface area contributed by atoms with E-state index in [0.29, 0.717) is 22.4 Å². The van der Waals surface area contributed by atoms with Gasteiger partial charge in [-0.25, -0.2) is 0 Å². The van der Waals surface area contributed by atoms with Gasteiger partial charge in [-0.15, -0.1) is 0 Å². The van der Waals surface area contributed by atoms with Crippen LogP contribution in [0.5, 0.6) is 0 Å². The Kier molecular flexibility index (Phi) is 3.35. The fourth-order valence-electron chi connectivity index (χ4n) is 3.37. The summed E-state index contributed by atoms with van der Waals surface area (Å²) in [5.74, 6) is 0.561. The first kappa shape index (κ1) is 14.0. The Morgan fingerprint density at radius 3 is 2.91 bits per heavy atom. The van der Waals surface area contributed by atoms with Crippen molar-refractivity contribution in [1.82, 2.24) is 9.88 Å². The van der Waals surface area contributed by atoms with Gasteiger partial charge < -0.3 is 4.90 Å². The van der Waals surface area contributed by atoms with Crippen LogP contribution in [0.3, 0.4) is 0 Å². The second-order valence-electron chi connectivity index (χ2n) is 5.90. The van der Waals surface area contributed by atoms with Crippen LogP contribution in [0.1, 0.15) is 18.4 Å². The molecule has 5 rings (SSSR count). The van der Waals surface area contributed by atoms with Gasteiger partial charge in [0.25, 0.3) is 0 Å². The zero-order chi connectivity index (χ0) is 15.3. The lowest BCUT2D eigenvalue weighted by molar-refractivity contribution is -0.128. The van der Waals surface area contributed by atoms with Gasteiger partial charge >= 0.3 is 0 Å². The number of carbonyl (C=O) groups is 1. The van der Waals surface area contributed by atoms with Gasteiger partial charge in [-0.1, -0.05) is 23.2 Å². The van der Waals surface area contributed by atoms with Gasteiger partial charge in [-0.3, -0.25) is 9.78 Å². The molecule has 0 spiro atoms. The summed E-state index contributed by atoms with van der Waals surface area (Å²) in [4.78, 5) is 18.4. The smallest absolute Gasteiger partial charge is 0.155 e. The van der Waals surface area contributed by atoms with Crippen molar-refractivity contribution in [3.8, 4) is 0 Å². The highest BCUT2D eigenvalue weighted by Crippen LogP contribution is 2.35. The molecular weight excluding hydrogens is 319 g/mol. The topological polar surface area (TPSA) is 33.2 Å². The summed E-state index contributed by atoms with van der Waals surface area (Å²) in [6.07, 6.45) is 5.72. The molecule has 2 bridgehead atoms. The third kappa shape index (κ3) is 2.29. The average Bonchev–Trinajstić information content (AvgIpc) is 2.49. The second-order valence-corrected chi connectivity index (χ2v) is 6.74. The van der Waals surface area contributed by atoms with E-state index in [2.05, 4.69) is 16.0 Å². The summed E-state index contributed by atoms with van der Waals surface area (Å²) >= 11 is 12.4. The van der Waals surface area contributed by atoms with Crippen LogP contribution in [0.2, 0.25) is 10.0 Å². The fourth-order valence-corrected chi connectivity index (χ4v) is 3.91. The second kappa shape index (κ2) is 5.25. The summed E-state index contributed by atoms with van der Waals surface area (Å²) in [5.41, 5.74) is 3.02. The standard InChI is InChI=1S/C17H14Cl2N2O/c18-12-7-14-10(1-3-20-17(14)15(19)8-12)5-13-6-11-2-4-21(13)9-16(11)22/h1,3,5,7-8,11H,2,4,6,9H2/b13-5+/t11-/m0/s1. The number of halogens is 2. The van der Waals surface area contributed by atoms with E-state index in [4.69, 9.17) is 23.2 Å². The molecule has 1 atom stereocenters. The van der Waals surface area contributed by atoms with Crippen LogP contribution in [0.25, 0.3) is 17.0 Å². The van der Waals surface area contributed by atoms with E-state index in [1.165, 1.54) is 5.70 Å². The van der Waals surface area contributed by atoms with Gasteiger partial charge in [0, 0.05) is 34.8 Å². The number of rotatable bonds is 1. The number of hydrogen-bond acceptors (Lipinski definition) is 3. The minimum absolute atomic E-state index is 0.191. The van der Waals surface area contributed by atoms with Gasteiger partial charge in [-0.2, -0.15) is 0 Å². The van der Waals surface area contributed by atoms with Crippen molar-refractivity contribution in [2.75, 3.05) is 13.1 Å². The summed E-state index contributed by atoms with van der Waals surface area (Å²) in [6.45, 7) is 1.51. The molecule has 0 radical (unpaired) electrons. The van der Waals surface area contributed by atoms with Crippen molar-refractivity contribution < 1.29 is 4.79 Å². The molecule has 112 valence electrons. The Bertz CT molecular complexity index is 816. The van der Waals surface area contributed by atoms with Gasteiger partial charge in [0.2, 0.25) is 0 Å². The van der Waals surface area contributed by atoms with Crippen LogP contribution >= 0.6 is 23.2 Å². The zero-order valence-corrected chi connectivity index (χ0v) is 13.4. The summed E-state index contributed by atoms with van der Waals surface area (Å²) < 4.78 is 0. The minimum Gasteiger partial charge on any atom is -0.367 e. The number of benzene rings is 1. The minimum atomic E-state index is 0.191. The molecule has 0 unspecified atom stereocenters. The number of hydrogen-bond donors (Lipinski definition) is 0. The van der Waals surface area contributed by atoms with Crippen LogP contribution in [0, 0.1) is 5.92 Å². The zero-order valence-electron chi connectivity index (χ0n) is 11.9. The Balaban J connectivity index is 1.82. The maximum Gasteiger partial charge on any atom is 0.155 e. The number of carbonyl (C=O) groups excluding carboxylic acids is 1. The van der Waals surface area contributed by atoms with Crippen molar-refractivity contribution in [3.05, 3.63) is 45.7 Å². The first-order valence-electron chi connectivity index (χ1n) is 7.34. The van der Waals surface area contributed by atoms with Gasteiger partial charge in [0.15, 0.2) is 5.78 Å². The van der Waals surface area contributed by atoms with E-state index in [0.717, 1.165) is 35.9 Å². The molecule has 0 saturated carbocycles. The number of ketones is 1. The lowest BCUT2D eigenvalue weighted by Gasteiger charge is -2.41. The number of allylic oxidation sites excluding steroid dienone is 1. The van der Waals surface area contributed by atoms with E-state index < -0.39 is 0 Å². The maximum atomic E-state index is 11.8. The normalized spacial score (nSPS) is 22.8. The van der Waals surface area contributed by atoms with Crippen molar-refractivity contribution in [2.24, 2.45) is 5.92 Å². The molecule has 3 fully saturated rings. The van der Waals surface area contributed by atoms with E-state index in [-0.39, 0.29) is 5.92 Å². The highest BCUT2D eigenvalue weighted by Gasteiger charge is 2.35. The van der Waals surface area contributed by atoms with Crippen molar-refractivity contribution in [1.29, 1.82) is 0 Å². The molecule has 0 N–H and O–H groups in total. The molecule has 3 saturated heterocycles. The lowest BCUT2D eigenvalue weighted by Crippen LogP contribution is -2.46. The molecule has 1 aromatic carbocycles. The first-order valence-corrected chi connectivity index (χ1v) is 8.09. The molecule has 3 nitrogen and oxygen atoms in total. The molecule has 3 aliphatic rings. The average molecular weight is 333 g/mol. The molecule has 2 aromatic rings. The summed E-state index contributed by atoms with van der Waals surface area (Å²) in [5, 5.41) is 2.11. The molecule has 1 aromatic heterocycles. The first-order chi connectivity index (χ1) is 10.6. The van der Waals surface area contributed by atoms with Crippen LogP contribution in [0.15, 0.2) is 30.1 Å². The molecule has 4 heterocycles. The van der Waals surface area contributed by atoms with Crippen molar-refractivity contribution in [2.45, 2.75) is 12.8 Å². The van der Waals surface area contributed by atoms with Crippen molar-refractivity contribution >= 4 is 46.0 Å². The number of Topliss-reactive ketones (excluding diaryl/α,β-unsaturated/α-hetero) is 1. The number of piperidine rings is 3. The fraction of sp³-hybridized carbons (Fsp3) is 0.294. The van der Waals surface area contributed by atoms with Crippen LogP contribution in [-0.4, -0.2) is 28.8 Å². The van der Waals surface area contributed by atoms with E-state index in [1.807, 2.05) is 12.1 Å². The molecule has 3 aliphatic heterocycles. The SMILES string of the molecule is O=C1CN2CC[C@H]1C/C2=C\c1ccnc2c(Cl)cc(Cl)cc12. The van der Waals surface area contributed by atoms with Crippen LogP contribution < -0.4 is 0 Å². The molecule has 0 aliphatic carbocycles. The quantitative estimate of drug-likeness (QED) is 0.785. The highest BCUT2D eigenvalue weighted by molar-refractivity contribution is 6.38. The van der Waals surface area contributed by atoms with Gasteiger partial charge in [0.1, 0.15) is 0 Å². The summed E-state index contributed by atoms with van der Waals surface area (Å²) in [7, 11) is 0. The predicted octanol–water partition coefficient (Wildman–Crippen LogP) is 4.18. The molecule has 5 heteroatoms. The number of aromatic nitrogens is 1. The Hall–Kier alpha value is -1.58. The Morgan fingerprint density at radius 2 is 2.18 bits per heavy atom. The summed E-state index contributed by atoms with van der Waals surface area (Å²) in [6, 6.07) is 5.57. The van der Waals surface area contributed by atoms with Gasteiger partial charge in [-0.05, 0) is 42.7 Å². The molecule has 0 amide bonds. The number of pyridine rings is 1. The Labute approximate surface area is 138 Å². The molecular formula is C17H14Cl2N2O. The monoisotopic (exact) mass is 332 g/mol. The number of fused-ring (bicyclic) bond motifs is 4. The van der Waals surface area contributed by atoms with Crippen LogP contribution in [-0.2, 0) is 4.79 Å². The number of nitrogens with zero attached hydrogens (tertiary/aromatic N) is 2. The lowest BCUT2D eigenvalue weighted by atomic mass is 9.84. The van der Waals surface area contributed by atoms with E-state index >= 15 is 0 Å². The van der Waals surface area contributed by atoms with Crippen LogP contribution in [0.4, 0.5) is 0 Å².